The molecule has 1 heterocycles. The lowest BCUT2D eigenvalue weighted by molar-refractivity contribution is -0.139. The van der Waals surface area contributed by atoms with Crippen LogP contribution in [0.4, 0.5) is 0 Å². The SMILES string of the molecule is CC(C)Cc1noc(CN[C@H](C)C(=O)O)n1. The van der Waals surface area contributed by atoms with Crippen LogP contribution in [0.5, 0.6) is 0 Å². The normalized spacial score (nSPS) is 13.0. The van der Waals surface area contributed by atoms with Crippen molar-refractivity contribution in [1.82, 2.24) is 15.5 Å². The largest absolute Gasteiger partial charge is 0.480 e. The molecule has 6 nitrogen and oxygen atoms in total. The Bertz CT molecular complexity index is 349. The fraction of sp³-hybridized carbons (Fsp3) is 0.700. The van der Waals surface area contributed by atoms with Crippen molar-refractivity contribution in [2.24, 2.45) is 5.92 Å². The average Bonchev–Trinajstić information content (AvgIpc) is 2.60. The van der Waals surface area contributed by atoms with Gasteiger partial charge in [-0.25, -0.2) is 0 Å². The van der Waals surface area contributed by atoms with Crippen molar-refractivity contribution >= 4 is 5.97 Å². The second-order valence-electron chi connectivity index (χ2n) is 4.14. The maximum atomic E-state index is 10.5. The summed E-state index contributed by atoms with van der Waals surface area (Å²) < 4.78 is 4.98. The minimum atomic E-state index is -0.901. The Labute approximate surface area is 94.0 Å². The topological polar surface area (TPSA) is 88.2 Å². The van der Waals surface area contributed by atoms with Crippen LogP contribution in [0, 0.1) is 5.92 Å². The predicted molar refractivity (Wildman–Crippen MR) is 56.8 cm³/mol. The number of hydrogen-bond acceptors (Lipinski definition) is 5. The molecule has 0 aliphatic rings. The van der Waals surface area contributed by atoms with E-state index in [4.69, 9.17) is 9.63 Å². The lowest BCUT2D eigenvalue weighted by atomic mass is 10.1. The van der Waals surface area contributed by atoms with Crippen molar-refractivity contribution in [2.75, 3.05) is 0 Å². The van der Waals surface area contributed by atoms with Gasteiger partial charge in [-0.2, -0.15) is 4.98 Å². The second-order valence-corrected chi connectivity index (χ2v) is 4.14. The van der Waals surface area contributed by atoms with Crippen molar-refractivity contribution in [3.63, 3.8) is 0 Å². The molecule has 0 aromatic carbocycles. The van der Waals surface area contributed by atoms with Crippen molar-refractivity contribution in [1.29, 1.82) is 0 Å². The van der Waals surface area contributed by atoms with Crippen LogP contribution >= 0.6 is 0 Å². The molecule has 1 aromatic rings. The fourth-order valence-electron chi connectivity index (χ4n) is 1.14. The summed E-state index contributed by atoms with van der Waals surface area (Å²) in [4.78, 5) is 14.7. The van der Waals surface area contributed by atoms with Crippen LogP contribution in [-0.2, 0) is 17.8 Å². The molecule has 0 saturated carbocycles. The van der Waals surface area contributed by atoms with Crippen LogP contribution in [0.15, 0.2) is 4.52 Å². The van der Waals surface area contributed by atoms with Crippen LogP contribution in [0.2, 0.25) is 0 Å². The molecule has 0 unspecified atom stereocenters. The van der Waals surface area contributed by atoms with Gasteiger partial charge in [0.2, 0.25) is 5.89 Å². The van der Waals surface area contributed by atoms with Gasteiger partial charge in [0.15, 0.2) is 5.82 Å². The summed E-state index contributed by atoms with van der Waals surface area (Å²) in [7, 11) is 0. The Kier molecular flexibility index (Phi) is 4.42. The van der Waals surface area contributed by atoms with E-state index in [2.05, 4.69) is 29.3 Å². The summed E-state index contributed by atoms with van der Waals surface area (Å²) in [5.74, 6) is 0.650. The van der Waals surface area contributed by atoms with Crippen molar-refractivity contribution in [3.8, 4) is 0 Å². The Hall–Kier alpha value is -1.43. The van der Waals surface area contributed by atoms with Gasteiger partial charge in [-0.15, -0.1) is 0 Å². The smallest absolute Gasteiger partial charge is 0.320 e. The maximum absolute atomic E-state index is 10.5. The highest BCUT2D eigenvalue weighted by atomic mass is 16.5. The zero-order chi connectivity index (χ0) is 12.1. The van der Waals surface area contributed by atoms with E-state index in [1.54, 1.807) is 6.92 Å². The van der Waals surface area contributed by atoms with Crippen LogP contribution < -0.4 is 5.32 Å². The number of nitrogens with one attached hydrogen (secondary N) is 1. The third-order valence-electron chi connectivity index (χ3n) is 2.03. The second kappa shape index (κ2) is 5.60. The number of aromatic nitrogens is 2. The minimum Gasteiger partial charge on any atom is -0.480 e. The summed E-state index contributed by atoms with van der Waals surface area (Å²) in [6.07, 6.45) is 0.762. The van der Waals surface area contributed by atoms with E-state index in [9.17, 15) is 4.79 Å². The predicted octanol–water partition coefficient (Wildman–Crippen LogP) is 0.831. The molecule has 16 heavy (non-hydrogen) atoms. The van der Waals surface area contributed by atoms with Crippen LogP contribution in [0.3, 0.4) is 0 Å². The Morgan fingerprint density at radius 3 is 2.75 bits per heavy atom. The first-order chi connectivity index (χ1) is 7.49. The number of rotatable bonds is 6. The maximum Gasteiger partial charge on any atom is 0.320 e. The van der Waals surface area contributed by atoms with Gasteiger partial charge in [-0.3, -0.25) is 10.1 Å². The Morgan fingerprint density at radius 2 is 2.19 bits per heavy atom. The lowest BCUT2D eigenvalue weighted by Crippen LogP contribution is -2.33. The number of hydrogen-bond donors (Lipinski definition) is 2. The highest BCUT2D eigenvalue weighted by molar-refractivity contribution is 5.72. The van der Waals surface area contributed by atoms with E-state index in [-0.39, 0.29) is 6.54 Å². The van der Waals surface area contributed by atoms with Gasteiger partial charge in [-0.05, 0) is 12.8 Å². The number of nitrogens with zero attached hydrogens (tertiary/aromatic N) is 2. The summed E-state index contributed by atoms with van der Waals surface area (Å²) in [6.45, 7) is 5.98. The molecule has 1 rings (SSSR count). The molecule has 0 amide bonds. The lowest BCUT2D eigenvalue weighted by Gasteiger charge is -2.05. The van der Waals surface area contributed by atoms with Crippen LogP contribution in [0.25, 0.3) is 0 Å². The molecule has 1 atom stereocenters. The first kappa shape index (κ1) is 12.6. The summed E-state index contributed by atoms with van der Waals surface area (Å²) in [5.41, 5.74) is 0. The van der Waals surface area contributed by atoms with Crippen molar-refractivity contribution < 1.29 is 14.4 Å². The molecule has 0 saturated heterocycles. The molecule has 0 radical (unpaired) electrons. The molecule has 2 N–H and O–H groups in total. The first-order valence-corrected chi connectivity index (χ1v) is 5.26. The van der Waals surface area contributed by atoms with E-state index >= 15 is 0 Å². The molecule has 0 fully saturated rings. The standard InChI is InChI=1S/C10H17N3O3/c1-6(2)4-8-12-9(16-13-8)5-11-7(3)10(14)15/h6-7,11H,4-5H2,1-3H3,(H,14,15)/t7-/m1/s1. The number of carboxylic acid groups (broad SMARTS) is 1. The molecule has 0 aliphatic carbocycles. The summed E-state index contributed by atoms with van der Waals surface area (Å²) >= 11 is 0. The molecule has 6 heteroatoms. The molecular weight excluding hydrogens is 210 g/mol. The van der Waals surface area contributed by atoms with E-state index in [1.165, 1.54) is 0 Å². The molecular formula is C10H17N3O3. The van der Waals surface area contributed by atoms with Gasteiger partial charge >= 0.3 is 5.97 Å². The third-order valence-corrected chi connectivity index (χ3v) is 2.03. The minimum absolute atomic E-state index is 0.276. The fourth-order valence-corrected chi connectivity index (χ4v) is 1.14. The quantitative estimate of drug-likeness (QED) is 0.748. The molecule has 0 aliphatic heterocycles. The van der Waals surface area contributed by atoms with E-state index < -0.39 is 12.0 Å². The van der Waals surface area contributed by atoms with E-state index in [0.29, 0.717) is 17.6 Å². The van der Waals surface area contributed by atoms with Crippen LogP contribution in [0.1, 0.15) is 32.5 Å². The highest BCUT2D eigenvalue weighted by Gasteiger charge is 2.12. The first-order valence-electron chi connectivity index (χ1n) is 5.26. The van der Waals surface area contributed by atoms with Gasteiger partial charge < -0.3 is 9.63 Å². The zero-order valence-corrected chi connectivity index (χ0v) is 9.73. The van der Waals surface area contributed by atoms with E-state index in [1.807, 2.05) is 0 Å². The van der Waals surface area contributed by atoms with Gasteiger partial charge in [0.1, 0.15) is 6.04 Å². The monoisotopic (exact) mass is 227 g/mol. The summed E-state index contributed by atoms with van der Waals surface area (Å²) in [6, 6.07) is -0.625. The number of aliphatic carboxylic acids is 1. The van der Waals surface area contributed by atoms with Crippen molar-refractivity contribution in [3.05, 3.63) is 11.7 Å². The number of carboxylic acids is 1. The molecule has 1 aromatic heterocycles. The highest BCUT2D eigenvalue weighted by Crippen LogP contribution is 2.04. The zero-order valence-electron chi connectivity index (χ0n) is 9.73. The third kappa shape index (κ3) is 3.98. The Morgan fingerprint density at radius 1 is 1.50 bits per heavy atom. The van der Waals surface area contributed by atoms with Gasteiger partial charge in [-0.1, -0.05) is 19.0 Å². The van der Waals surface area contributed by atoms with Gasteiger partial charge in [0.05, 0.1) is 6.54 Å². The average molecular weight is 227 g/mol. The molecule has 90 valence electrons. The molecule has 0 spiro atoms. The van der Waals surface area contributed by atoms with Crippen molar-refractivity contribution in [2.45, 2.75) is 39.8 Å². The van der Waals surface area contributed by atoms with Gasteiger partial charge in [0, 0.05) is 6.42 Å². The Balaban J connectivity index is 2.43. The van der Waals surface area contributed by atoms with Gasteiger partial charge in [0.25, 0.3) is 0 Å². The molecule has 0 bridgehead atoms. The van der Waals surface area contributed by atoms with E-state index in [0.717, 1.165) is 6.42 Å². The summed E-state index contributed by atoms with van der Waals surface area (Å²) in [5, 5.41) is 15.2. The van der Waals surface area contributed by atoms with Crippen LogP contribution in [-0.4, -0.2) is 27.3 Å². The number of carbonyl (C=O) groups is 1.